The maximum absolute atomic E-state index is 4.46. The van der Waals surface area contributed by atoms with Crippen LogP contribution in [0.25, 0.3) is 0 Å². The second-order valence-electron chi connectivity index (χ2n) is 3.19. The minimum Gasteiger partial charge on any atom is -0.176 e. The molecule has 0 aliphatic heterocycles. The standard InChI is InChI=1S/C9H20S/c1-4-6-8(3)7-9(10)5-2/h8-10H,4-7H2,1-3H3. The Bertz CT molecular complexity index is 71.1. The van der Waals surface area contributed by atoms with E-state index in [-0.39, 0.29) is 0 Å². The average molecular weight is 160 g/mol. The van der Waals surface area contributed by atoms with Crippen molar-refractivity contribution in [1.82, 2.24) is 0 Å². The molecule has 0 aliphatic rings. The molecule has 0 heterocycles. The molecule has 0 rings (SSSR count). The van der Waals surface area contributed by atoms with E-state index < -0.39 is 0 Å². The first-order chi connectivity index (χ1) is 4.70. The third kappa shape index (κ3) is 5.16. The third-order valence-corrected chi connectivity index (χ3v) is 2.50. The monoisotopic (exact) mass is 160 g/mol. The zero-order valence-corrected chi connectivity index (χ0v) is 8.32. The SMILES string of the molecule is CCCC(C)CC(S)CC. The predicted molar refractivity (Wildman–Crippen MR) is 51.8 cm³/mol. The summed E-state index contributed by atoms with van der Waals surface area (Å²) in [5.41, 5.74) is 0. The first-order valence-electron chi connectivity index (χ1n) is 4.38. The van der Waals surface area contributed by atoms with Crippen LogP contribution in [0, 0.1) is 5.92 Å². The van der Waals surface area contributed by atoms with Crippen molar-refractivity contribution in [2.75, 3.05) is 0 Å². The van der Waals surface area contributed by atoms with Crippen molar-refractivity contribution >= 4 is 12.6 Å². The highest BCUT2D eigenvalue weighted by molar-refractivity contribution is 7.80. The summed E-state index contributed by atoms with van der Waals surface area (Å²) in [5, 5.41) is 0.626. The Hall–Kier alpha value is 0.350. The minimum absolute atomic E-state index is 0.626. The quantitative estimate of drug-likeness (QED) is 0.584. The second-order valence-corrected chi connectivity index (χ2v) is 3.92. The Balaban J connectivity index is 3.27. The van der Waals surface area contributed by atoms with Crippen molar-refractivity contribution in [2.45, 2.75) is 51.7 Å². The third-order valence-electron chi connectivity index (χ3n) is 1.93. The topological polar surface area (TPSA) is 0 Å². The normalized spacial score (nSPS) is 16.8. The summed E-state index contributed by atoms with van der Waals surface area (Å²) in [5.74, 6) is 0.868. The highest BCUT2D eigenvalue weighted by atomic mass is 32.1. The van der Waals surface area contributed by atoms with Gasteiger partial charge in [0, 0.05) is 5.25 Å². The molecule has 2 unspecified atom stereocenters. The van der Waals surface area contributed by atoms with Gasteiger partial charge in [0.2, 0.25) is 0 Å². The second kappa shape index (κ2) is 6.09. The van der Waals surface area contributed by atoms with Crippen LogP contribution in [0.4, 0.5) is 0 Å². The molecule has 10 heavy (non-hydrogen) atoms. The molecule has 0 nitrogen and oxygen atoms in total. The van der Waals surface area contributed by atoms with Gasteiger partial charge in [-0.15, -0.1) is 0 Å². The average Bonchev–Trinajstić information content (AvgIpc) is 1.88. The predicted octanol–water partition coefficient (Wildman–Crippen LogP) is 3.52. The van der Waals surface area contributed by atoms with Crippen LogP contribution in [0.2, 0.25) is 0 Å². The summed E-state index contributed by atoms with van der Waals surface area (Å²) < 4.78 is 0. The van der Waals surface area contributed by atoms with Gasteiger partial charge in [-0.1, -0.05) is 33.6 Å². The van der Waals surface area contributed by atoms with Gasteiger partial charge in [0.05, 0.1) is 0 Å². The number of rotatable bonds is 5. The van der Waals surface area contributed by atoms with Gasteiger partial charge in [0.1, 0.15) is 0 Å². The number of hydrogen-bond acceptors (Lipinski definition) is 1. The zero-order chi connectivity index (χ0) is 7.98. The van der Waals surface area contributed by atoms with Crippen LogP contribution < -0.4 is 0 Å². The Morgan fingerprint density at radius 1 is 1.30 bits per heavy atom. The zero-order valence-electron chi connectivity index (χ0n) is 7.43. The highest BCUT2D eigenvalue weighted by Gasteiger charge is 2.05. The molecule has 0 N–H and O–H groups in total. The highest BCUT2D eigenvalue weighted by Crippen LogP contribution is 2.17. The molecule has 2 atom stereocenters. The molecule has 0 aromatic carbocycles. The maximum Gasteiger partial charge on any atom is 0.00167 e. The van der Waals surface area contributed by atoms with Crippen molar-refractivity contribution in [3.63, 3.8) is 0 Å². The minimum atomic E-state index is 0.626. The molecule has 1 heteroatoms. The van der Waals surface area contributed by atoms with E-state index in [1.807, 2.05) is 0 Å². The van der Waals surface area contributed by atoms with E-state index in [1.165, 1.54) is 25.7 Å². The van der Waals surface area contributed by atoms with Gasteiger partial charge < -0.3 is 0 Å². The van der Waals surface area contributed by atoms with Crippen LogP contribution in [0.5, 0.6) is 0 Å². The van der Waals surface area contributed by atoms with E-state index in [0.29, 0.717) is 5.25 Å². The van der Waals surface area contributed by atoms with E-state index in [0.717, 1.165) is 5.92 Å². The smallest absolute Gasteiger partial charge is 0.00167 e. The molecule has 0 aliphatic carbocycles. The largest absolute Gasteiger partial charge is 0.176 e. The van der Waals surface area contributed by atoms with E-state index in [2.05, 4.69) is 33.4 Å². The van der Waals surface area contributed by atoms with Gasteiger partial charge in [-0.3, -0.25) is 0 Å². The van der Waals surface area contributed by atoms with Gasteiger partial charge in [0.25, 0.3) is 0 Å². The summed E-state index contributed by atoms with van der Waals surface area (Å²) >= 11 is 4.46. The van der Waals surface area contributed by atoms with E-state index >= 15 is 0 Å². The van der Waals surface area contributed by atoms with Gasteiger partial charge >= 0.3 is 0 Å². The lowest BCUT2D eigenvalue weighted by atomic mass is 9.99. The van der Waals surface area contributed by atoms with Gasteiger partial charge in [-0.25, -0.2) is 0 Å². The van der Waals surface area contributed by atoms with Gasteiger partial charge in [0.15, 0.2) is 0 Å². The van der Waals surface area contributed by atoms with Crippen molar-refractivity contribution in [2.24, 2.45) is 5.92 Å². The van der Waals surface area contributed by atoms with Crippen molar-refractivity contribution in [1.29, 1.82) is 0 Å². The molecule has 0 fully saturated rings. The fourth-order valence-corrected chi connectivity index (χ4v) is 1.60. The Morgan fingerprint density at radius 3 is 2.30 bits per heavy atom. The fraction of sp³-hybridized carbons (Fsp3) is 1.00. The van der Waals surface area contributed by atoms with Crippen LogP contribution in [-0.4, -0.2) is 5.25 Å². The molecule has 0 radical (unpaired) electrons. The summed E-state index contributed by atoms with van der Waals surface area (Å²) in [7, 11) is 0. The van der Waals surface area contributed by atoms with Crippen molar-refractivity contribution in [3.8, 4) is 0 Å². The first-order valence-corrected chi connectivity index (χ1v) is 4.90. The maximum atomic E-state index is 4.46. The van der Waals surface area contributed by atoms with Gasteiger partial charge in [-0.2, -0.15) is 12.6 Å². The van der Waals surface area contributed by atoms with Crippen LogP contribution in [0.1, 0.15) is 46.5 Å². The Kier molecular flexibility index (Phi) is 6.30. The van der Waals surface area contributed by atoms with Crippen molar-refractivity contribution < 1.29 is 0 Å². The lowest BCUT2D eigenvalue weighted by molar-refractivity contribution is 0.474. The molecule has 0 saturated carbocycles. The molecular weight excluding hydrogens is 140 g/mol. The summed E-state index contributed by atoms with van der Waals surface area (Å²) in [6.45, 7) is 6.77. The Morgan fingerprint density at radius 2 is 1.90 bits per heavy atom. The molecule has 0 amide bonds. The van der Waals surface area contributed by atoms with Crippen molar-refractivity contribution in [3.05, 3.63) is 0 Å². The molecule has 0 bridgehead atoms. The molecule has 0 saturated heterocycles. The first kappa shape index (κ1) is 10.3. The van der Waals surface area contributed by atoms with E-state index in [9.17, 15) is 0 Å². The lowest BCUT2D eigenvalue weighted by Gasteiger charge is -2.13. The number of thiol groups is 1. The Labute approximate surface area is 70.8 Å². The van der Waals surface area contributed by atoms with Crippen LogP contribution >= 0.6 is 12.6 Å². The molecule has 0 aromatic heterocycles. The molecule has 62 valence electrons. The fourth-order valence-electron chi connectivity index (χ4n) is 1.24. The molecule has 0 aromatic rings. The van der Waals surface area contributed by atoms with E-state index in [1.54, 1.807) is 0 Å². The number of hydrogen-bond donors (Lipinski definition) is 1. The molecular formula is C9H20S. The molecule has 0 spiro atoms. The van der Waals surface area contributed by atoms with Crippen LogP contribution in [0.15, 0.2) is 0 Å². The van der Waals surface area contributed by atoms with Gasteiger partial charge in [-0.05, 0) is 18.8 Å². The lowest BCUT2D eigenvalue weighted by Crippen LogP contribution is -2.04. The summed E-state index contributed by atoms with van der Waals surface area (Å²) in [6.07, 6.45) is 5.16. The van der Waals surface area contributed by atoms with Crippen LogP contribution in [0.3, 0.4) is 0 Å². The van der Waals surface area contributed by atoms with Crippen LogP contribution in [-0.2, 0) is 0 Å². The van der Waals surface area contributed by atoms with E-state index in [4.69, 9.17) is 0 Å². The summed E-state index contributed by atoms with van der Waals surface area (Å²) in [4.78, 5) is 0. The summed E-state index contributed by atoms with van der Waals surface area (Å²) in [6, 6.07) is 0.